The highest BCUT2D eigenvalue weighted by Gasteiger charge is 2.24. The molecule has 2 rings (SSSR count). The number of amides is 1. The van der Waals surface area contributed by atoms with Gasteiger partial charge in [0.05, 0.1) is 23.6 Å². The van der Waals surface area contributed by atoms with Crippen molar-refractivity contribution in [2.75, 3.05) is 33.3 Å². The first-order valence-corrected chi connectivity index (χ1v) is 10.5. The standard InChI is InChI=1S/C17H24ClN3O5S/c1-26-17(23)12-5-6-14(18)15(10-12)27(24,25)20-7-3-9-21-8-2-4-13(11-21)16(19)22/h5-6,10,13,20H,2-4,7-9,11H2,1H3,(H2,19,22)/t13-/m1/s1. The maximum Gasteiger partial charge on any atom is 0.337 e. The van der Waals surface area contributed by atoms with Crippen LogP contribution in [0.3, 0.4) is 0 Å². The van der Waals surface area contributed by atoms with Gasteiger partial charge in [0, 0.05) is 13.1 Å². The Kier molecular flexibility index (Phi) is 7.60. The summed E-state index contributed by atoms with van der Waals surface area (Å²) in [6.45, 7) is 2.33. The van der Waals surface area contributed by atoms with Crippen LogP contribution in [0.2, 0.25) is 5.02 Å². The summed E-state index contributed by atoms with van der Waals surface area (Å²) in [5, 5.41) is 0.0236. The first-order chi connectivity index (χ1) is 12.7. The minimum absolute atomic E-state index is 0.0236. The van der Waals surface area contributed by atoms with Gasteiger partial charge in [-0.25, -0.2) is 17.9 Å². The quantitative estimate of drug-likeness (QED) is 0.481. The molecular weight excluding hydrogens is 394 g/mol. The fourth-order valence-electron chi connectivity index (χ4n) is 3.03. The third-order valence-corrected chi connectivity index (χ3v) is 6.44. The van der Waals surface area contributed by atoms with Crippen LogP contribution in [0.4, 0.5) is 0 Å². The lowest BCUT2D eigenvalue weighted by Crippen LogP contribution is -2.42. The SMILES string of the molecule is COC(=O)c1ccc(Cl)c(S(=O)(=O)NCCCN2CCC[C@@H](C(N)=O)C2)c1. The summed E-state index contributed by atoms with van der Waals surface area (Å²) in [5.74, 6) is -1.08. The largest absolute Gasteiger partial charge is 0.465 e. The Labute approximate surface area is 164 Å². The van der Waals surface area contributed by atoms with Crippen LogP contribution >= 0.6 is 11.6 Å². The average molecular weight is 418 g/mol. The number of benzene rings is 1. The van der Waals surface area contributed by atoms with Crippen molar-refractivity contribution >= 4 is 33.5 Å². The molecule has 0 aliphatic carbocycles. The molecular formula is C17H24ClN3O5S. The van der Waals surface area contributed by atoms with Crippen molar-refractivity contribution in [1.82, 2.24) is 9.62 Å². The predicted molar refractivity (Wildman–Crippen MR) is 101 cm³/mol. The number of likely N-dealkylation sites (tertiary alicyclic amines) is 1. The highest BCUT2D eigenvalue weighted by molar-refractivity contribution is 7.89. The van der Waals surface area contributed by atoms with E-state index in [1.807, 2.05) is 0 Å². The fourth-order valence-corrected chi connectivity index (χ4v) is 4.63. The number of primary amides is 1. The van der Waals surface area contributed by atoms with Crippen molar-refractivity contribution in [1.29, 1.82) is 0 Å². The Morgan fingerprint density at radius 2 is 2.15 bits per heavy atom. The van der Waals surface area contributed by atoms with Gasteiger partial charge in [-0.05, 0) is 50.6 Å². The lowest BCUT2D eigenvalue weighted by atomic mass is 9.97. The summed E-state index contributed by atoms with van der Waals surface area (Å²) < 4.78 is 32.1. The molecule has 8 nitrogen and oxygen atoms in total. The molecule has 0 spiro atoms. The van der Waals surface area contributed by atoms with Crippen LogP contribution in [0, 0.1) is 5.92 Å². The van der Waals surface area contributed by atoms with Crippen molar-refractivity contribution in [3.8, 4) is 0 Å². The summed E-state index contributed by atoms with van der Waals surface area (Å²) in [6, 6.07) is 3.94. The Morgan fingerprint density at radius 1 is 1.41 bits per heavy atom. The molecule has 1 saturated heterocycles. The number of carbonyl (C=O) groups is 2. The summed E-state index contributed by atoms with van der Waals surface area (Å²) in [5.41, 5.74) is 5.47. The van der Waals surface area contributed by atoms with Gasteiger partial charge in [0.25, 0.3) is 0 Å². The maximum atomic E-state index is 12.5. The zero-order valence-corrected chi connectivity index (χ0v) is 16.7. The molecule has 1 aromatic carbocycles. The number of piperidine rings is 1. The minimum atomic E-state index is -3.86. The monoisotopic (exact) mass is 417 g/mol. The van der Waals surface area contributed by atoms with E-state index < -0.39 is 16.0 Å². The van der Waals surface area contributed by atoms with E-state index in [0.29, 0.717) is 19.5 Å². The number of carbonyl (C=O) groups excluding carboxylic acids is 2. The lowest BCUT2D eigenvalue weighted by molar-refractivity contribution is -0.123. The zero-order valence-electron chi connectivity index (χ0n) is 15.1. The first-order valence-electron chi connectivity index (χ1n) is 8.64. The molecule has 10 heteroatoms. The third-order valence-electron chi connectivity index (χ3n) is 4.49. The van der Waals surface area contributed by atoms with Gasteiger partial charge >= 0.3 is 5.97 Å². The van der Waals surface area contributed by atoms with Crippen LogP contribution in [-0.4, -0.2) is 58.5 Å². The summed E-state index contributed by atoms with van der Waals surface area (Å²) in [7, 11) is -2.65. The van der Waals surface area contributed by atoms with Gasteiger partial charge in [-0.3, -0.25) is 4.79 Å². The van der Waals surface area contributed by atoms with Crippen molar-refractivity contribution in [2.24, 2.45) is 11.7 Å². The molecule has 1 aliphatic heterocycles. The smallest absolute Gasteiger partial charge is 0.337 e. The number of methoxy groups -OCH3 is 1. The number of rotatable bonds is 8. The summed E-state index contributed by atoms with van der Waals surface area (Å²) in [6.07, 6.45) is 2.27. The Hall–Kier alpha value is -1.68. The Morgan fingerprint density at radius 3 is 2.81 bits per heavy atom. The second kappa shape index (κ2) is 9.50. The molecule has 0 radical (unpaired) electrons. The van der Waals surface area contributed by atoms with Crippen molar-refractivity contribution in [2.45, 2.75) is 24.2 Å². The Bertz CT molecular complexity index is 800. The van der Waals surface area contributed by atoms with Crippen LogP contribution in [0.25, 0.3) is 0 Å². The molecule has 3 N–H and O–H groups in total. The second-order valence-electron chi connectivity index (χ2n) is 6.43. The van der Waals surface area contributed by atoms with Gasteiger partial charge in [-0.1, -0.05) is 11.6 Å². The molecule has 1 atom stereocenters. The number of nitrogens with two attached hydrogens (primary N) is 1. The average Bonchev–Trinajstić information content (AvgIpc) is 2.65. The molecule has 0 bridgehead atoms. The van der Waals surface area contributed by atoms with Gasteiger partial charge in [0.15, 0.2) is 0 Å². The molecule has 150 valence electrons. The molecule has 27 heavy (non-hydrogen) atoms. The highest BCUT2D eigenvalue weighted by Crippen LogP contribution is 2.23. The van der Waals surface area contributed by atoms with Gasteiger partial charge in [-0.15, -0.1) is 0 Å². The Balaban J connectivity index is 1.91. The van der Waals surface area contributed by atoms with E-state index in [1.54, 1.807) is 0 Å². The minimum Gasteiger partial charge on any atom is -0.465 e. The van der Waals surface area contributed by atoms with E-state index in [0.717, 1.165) is 19.4 Å². The van der Waals surface area contributed by atoms with Crippen LogP contribution in [-0.2, 0) is 19.6 Å². The number of ether oxygens (including phenoxy) is 1. The van der Waals surface area contributed by atoms with Crippen LogP contribution < -0.4 is 10.5 Å². The second-order valence-corrected chi connectivity index (χ2v) is 8.57. The third kappa shape index (κ3) is 5.90. The number of halogens is 1. The molecule has 1 aromatic rings. The van der Waals surface area contributed by atoms with E-state index in [1.165, 1.54) is 25.3 Å². The topological polar surface area (TPSA) is 119 Å². The summed E-state index contributed by atoms with van der Waals surface area (Å²) >= 11 is 5.99. The van der Waals surface area contributed by atoms with E-state index >= 15 is 0 Å². The number of sulfonamides is 1. The highest BCUT2D eigenvalue weighted by atomic mass is 35.5. The van der Waals surface area contributed by atoms with Crippen molar-refractivity contribution < 1.29 is 22.7 Å². The van der Waals surface area contributed by atoms with E-state index in [4.69, 9.17) is 17.3 Å². The maximum absolute atomic E-state index is 12.5. The van der Waals surface area contributed by atoms with Gasteiger partial charge in [0.2, 0.25) is 15.9 Å². The van der Waals surface area contributed by atoms with Crippen LogP contribution in [0.15, 0.2) is 23.1 Å². The molecule has 1 heterocycles. The van der Waals surface area contributed by atoms with Crippen LogP contribution in [0.5, 0.6) is 0 Å². The zero-order chi connectivity index (χ0) is 20.0. The lowest BCUT2D eigenvalue weighted by Gasteiger charge is -2.31. The molecule has 0 unspecified atom stereocenters. The molecule has 1 amide bonds. The fraction of sp³-hybridized carbons (Fsp3) is 0.529. The number of nitrogens with one attached hydrogen (secondary N) is 1. The first kappa shape index (κ1) is 21.6. The number of nitrogens with zero attached hydrogens (tertiary/aromatic N) is 1. The van der Waals surface area contributed by atoms with E-state index in [9.17, 15) is 18.0 Å². The molecule has 0 aromatic heterocycles. The van der Waals surface area contributed by atoms with Crippen molar-refractivity contribution in [3.63, 3.8) is 0 Å². The van der Waals surface area contributed by atoms with Crippen molar-refractivity contribution in [3.05, 3.63) is 28.8 Å². The molecule has 0 saturated carbocycles. The van der Waals surface area contributed by atoms with E-state index in [2.05, 4.69) is 14.4 Å². The molecule has 1 fully saturated rings. The predicted octanol–water partition coefficient (Wildman–Crippen LogP) is 0.992. The number of hydrogen-bond acceptors (Lipinski definition) is 6. The van der Waals surface area contributed by atoms with E-state index in [-0.39, 0.29) is 33.9 Å². The summed E-state index contributed by atoms with van der Waals surface area (Å²) in [4.78, 5) is 24.8. The number of esters is 1. The number of hydrogen-bond donors (Lipinski definition) is 2. The van der Waals surface area contributed by atoms with Gasteiger partial charge in [0.1, 0.15) is 4.90 Å². The van der Waals surface area contributed by atoms with Gasteiger partial charge in [-0.2, -0.15) is 0 Å². The normalized spacial score (nSPS) is 18.2. The molecule has 1 aliphatic rings. The van der Waals surface area contributed by atoms with Crippen LogP contribution in [0.1, 0.15) is 29.6 Å². The van der Waals surface area contributed by atoms with Gasteiger partial charge < -0.3 is 15.4 Å².